The molecule has 1 aromatic rings. The molecule has 1 fully saturated rings. The highest BCUT2D eigenvalue weighted by Gasteiger charge is 2.26. The van der Waals surface area contributed by atoms with Gasteiger partial charge >= 0.3 is 0 Å². The van der Waals surface area contributed by atoms with Crippen molar-refractivity contribution < 1.29 is 18.3 Å². The molecule has 0 N–H and O–H groups in total. The van der Waals surface area contributed by atoms with Crippen LogP contribution in [0.5, 0.6) is 0 Å². The molecular formula is C10H10F2O2S. The molecule has 0 aliphatic carbocycles. The fourth-order valence-corrected chi connectivity index (χ4v) is 1.94. The lowest BCUT2D eigenvalue weighted by atomic mass is 10.2. The minimum Gasteiger partial charge on any atom is -0.346 e. The van der Waals surface area contributed by atoms with Gasteiger partial charge in [0.25, 0.3) is 0 Å². The Hall–Kier alpha value is -0.650. The molecule has 1 aromatic carbocycles. The SMILES string of the molecule is CSc1ccc(F)c(C2OCCO2)c1F. The Labute approximate surface area is 90.6 Å². The molecule has 2 rings (SSSR count). The summed E-state index contributed by atoms with van der Waals surface area (Å²) < 4.78 is 37.4. The van der Waals surface area contributed by atoms with Gasteiger partial charge in [0.05, 0.1) is 18.8 Å². The molecule has 0 unspecified atom stereocenters. The third-order valence-electron chi connectivity index (χ3n) is 2.17. The molecule has 2 nitrogen and oxygen atoms in total. The Morgan fingerprint density at radius 3 is 2.53 bits per heavy atom. The van der Waals surface area contributed by atoms with Gasteiger partial charge in [-0.1, -0.05) is 0 Å². The van der Waals surface area contributed by atoms with Crippen LogP contribution in [-0.2, 0) is 9.47 Å². The molecule has 1 heterocycles. The van der Waals surface area contributed by atoms with Crippen LogP contribution in [0.25, 0.3) is 0 Å². The minimum absolute atomic E-state index is 0.126. The van der Waals surface area contributed by atoms with E-state index in [9.17, 15) is 8.78 Å². The van der Waals surface area contributed by atoms with E-state index in [1.807, 2.05) is 0 Å². The van der Waals surface area contributed by atoms with Gasteiger partial charge in [-0.15, -0.1) is 11.8 Å². The number of thioether (sulfide) groups is 1. The average Bonchev–Trinajstić information content (AvgIpc) is 2.71. The summed E-state index contributed by atoms with van der Waals surface area (Å²) in [4.78, 5) is 0.394. The van der Waals surface area contributed by atoms with Gasteiger partial charge in [-0.3, -0.25) is 0 Å². The second-order valence-electron chi connectivity index (χ2n) is 3.05. The van der Waals surface area contributed by atoms with Crippen molar-refractivity contribution in [3.63, 3.8) is 0 Å². The second kappa shape index (κ2) is 4.47. The predicted molar refractivity (Wildman–Crippen MR) is 52.8 cm³/mol. The first-order valence-corrected chi connectivity index (χ1v) is 5.71. The van der Waals surface area contributed by atoms with E-state index in [1.165, 1.54) is 23.9 Å². The first-order chi connectivity index (χ1) is 7.24. The normalized spacial score (nSPS) is 17.3. The topological polar surface area (TPSA) is 18.5 Å². The summed E-state index contributed by atoms with van der Waals surface area (Å²) in [6.45, 7) is 0.736. The summed E-state index contributed by atoms with van der Waals surface area (Å²) in [6, 6.07) is 2.64. The molecule has 0 bridgehead atoms. The summed E-state index contributed by atoms with van der Waals surface area (Å²) in [6.07, 6.45) is 0.827. The molecule has 0 amide bonds. The lowest BCUT2D eigenvalue weighted by molar-refractivity contribution is -0.0492. The first kappa shape index (κ1) is 10.9. The van der Waals surface area contributed by atoms with E-state index < -0.39 is 17.9 Å². The Balaban J connectivity index is 2.43. The van der Waals surface area contributed by atoms with E-state index in [0.29, 0.717) is 18.1 Å². The van der Waals surface area contributed by atoms with Gasteiger partial charge in [0.1, 0.15) is 11.6 Å². The summed E-state index contributed by atoms with van der Waals surface area (Å²) >= 11 is 1.22. The third kappa shape index (κ3) is 2.00. The zero-order valence-electron chi connectivity index (χ0n) is 8.13. The molecule has 5 heteroatoms. The third-order valence-corrected chi connectivity index (χ3v) is 2.92. The van der Waals surface area contributed by atoms with E-state index in [4.69, 9.17) is 9.47 Å². The molecule has 0 saturated carbocycles. The van der Waals surface area contributed by atoms with Gasteiger partial charge in [0, 0.05) is 4.90 Å². The van der Waals surface area contributed by atoms with Crippen LogP contribution < -0.4 is 0 Å². The highest BCUT2D eigenvalue weighted by Crippen LogP contribution is 2.32. The molecule has 15 heavy (non-hydrogen) atoms. The number of ether oxygens (including phenoxy) is 2. The predicted octanol–water partition coefficient (Wildman–Crippen LogP) is 2.73. The van der Waals surface area contributed by atoms with Crippen LogP contribution in [-0.4, -0.2) is 19.5 Å². The minimum atomic E-state index is -0.905. The van der Waals surface area contributed by atoms with Gasteiger partial charge in [-0.05, 0) is 18.4 Å². The summed E-state index contributed by atoms with van der Waals surface area (Å²) in [5.41, 5.74) is -0.126. The van der Waals surface area contributed by atoms with E-state index in [-0.39, 0.29) is 5.56 Å². The van der Waals surface area contributed by atoms with Crippen molar-refractivity contribution >= 4 is 11.8 Å². The van der Waals surface area contributed by atoms with Crippen LogP contribution in [0.3, 0.4) is 0 Å². The molecule has 1 saturated heterocycles. The van der Waals surface area contributed by atoms with Crippen LogP contribution in [0, 0.1) is 11.6 Å². The molecular weight excluding hydrogens is 222 g/mol. The largest absolute Gasteiger partial charge is 0.346 e. The number of hydrogen-bond donors (Lipinski definition) is 0. The maximum atomic E-state index is 13.8. The van der Waals surface area contributed by atoms with Crippen molar-refractivity contribution in [2.75, 3.05) is 19.5 Å². The molecule has 0 spiro atoms. The van der Waals surface area contributed by atoms with Crippen LogP contribution in [0.15, 0.2) is 17.0 Å². The van der Waals surface area contributed by atoms with Gasteiger partial charge in [0.2, 0.25) is 0 Å². The number of rotatable bonds is 2. The highest BCUT2D eigenvalue weighted by atomic mass is 32.2. The quantitative estimate of drug-likeness (QED) is 0.730. The Morgan fingerprint density at radius 1 is 1.27 bits per heavy atom. The van der Waals surface area contributed by atoms with Crippen molar-refractivity contribution in [3.05, 3.63) is 29.3 Å². The van der Waals surface area contributed by atoms with Gasteiger partial charge in [0.15, 0.2) is 6.29 Å². The van der Waals surface area contributed by atoms with E-state index in [2.05, 4.69) is 0 Å². The first-order valence-electron chi connectivity index (χ1n) is 4.49. The molecule has 82 valence electrons. The molecule has 0 radical (unpaired) electrons. The average molecular weight is 232 g/mol. The van der Waals surface area contributed by atoms with Crippen LogP contribution >= 0.6 is 11.8 Å². The zero-order valence-corrected chi connectivity index (χ0v) is 8.94. The van der Waals surface area contributed by atoms with E-state index in [1.54, 1.807) is 6.26 Å². The monoisotopic (exact) mass is 232 g/mol. The summed E-state index contributed by atoms with van der Waals surface area (Å²) in [7, 11) is 0. The maximum absolute atomic E-state index is 13.8. The summed E-state index contributed by atoms with van der Waals surface area (Å²) in [5.74, 6) is -1.22. The van der Waals surface area contributed by atoms with Crippen molar-refractivity contribution in [2.45, 2.75) is 11.2 Å². The number of benzene rings is 1. The van der Waals surface area contributed by atoms with E-state index in [0.717, 1.165) is 0 Å². The van der Waals surface area contributed by atoms with Crippen molar-refractivity contribution in [3.8, 4) is 0 Å². The Bertz CT molecular complexity index is 365. The van der Waals surface area contributed by atoms with Crippen LogP contribution in [0.2, 0.25) is 0 Å². The van der Waals surface area contributed by atoms with Gasteiger partial charge in [-0.25, -0.2) is 8.78 Å². The van der Waals surface area contributed by atoms with Crippen LogP contribution in [0.1, 0.15) is 11.9 Å². The zero-order chi connectivity index (χ0) is 10.8. The molecule has 0 atom stereocenters. The van der Waals surface area contributed by atoms with Gasteiger partial charge in [-0.2, -0.15) is 0 Å². The lowest BCUT2D eigenvalue weighted by Gasteiger charge is -2.13. The number of halogens is 2. The smallest absolute Gasteiger partial charge is 0.189 e. The molecule has 0 aromatic heterocycles. The Morgan fingerprint density at radius 2 is 1.93 bits per heavy atom. The van der Waals surface area contributed by atoms with E-state index >= 15 is 0 Å². The van der Waals surface area contributed by atoms with Crippen molar-refractivity contribution in [1.82, 2.24) is 0 Å². The van der Waals surface area contributed by atoms with Crippen molar-refractivity contribution in [1.29, 1.82) is 0 Å². The second-order valence-corrected chi connectivity index (χ2v) is 3.90. The maximum Gasteiger partial charge on any atom is 0.189 e. The highest BCUT2D eigenvalue weighted by molar-refractivity contribution is 7.98. The summed E-state index contributed by atoms with van der Waals surface area (Å²) in [5, 5.41) is 0. The Kier molecular flexibility index (Phi) is 3.23. The fourth-order valence-electron chi connectivity index (χ4n) is 1.45. The molecule has 1 aliphatic heterocycles. The van der Waals surface area contributed by atoms with Gasteiger partial charge < -0.3 is 9.47 Å². The fraction of sp³-hybridized carbons (Fsp3) is 0.400. The lowest BCUT2D eigenvalue weighted by Crippen LogP contribution is -2.05. The van der Waals surface area contributed by atoms with Crippen molar-refractivity contribution in [2.24, 2.45) is 0 Å². The standard InChI is InChI=1S/C10H10F2O2S/c1-15-7-3-2-6(11)8(9(7)12)10-13-4-5-14-10/h2-3,10H,4-5H2,1H3. The van der Waals surface area contributed by atoms with Crippen LogP contribution in [0.4, 0.5) is 8.78 Å². The molecule has 1 aliphatic rings. The number of hydrogen-bond acceptors (Lipinski definition) is 3.